The highest BCUT2D eigenvalue weighted by Crippen LogP contribution is 2.27. The smallest absolute Gasteiger partial charge is 0.243 e. The Morgan fingerprint density at radius 3 is 2.00 bits per heavy atom. The molecule has 2 N–H and O–H groups in total. The molecule has 120 valence electrons. The van der Waals surface area contributed by atoms with Crippen LogP contribution in [0.15, 0.2) is 17.0 Å². The zero-order chi connectivity index (χ0) is 16.4. The second-order valence-electron chi connectivity index (χ2n) is 6.53. The second-order valence-corrected chi connectivity index (χ2v) is 8.40. The van der Waals surface area contributed by atoms with E-state index in [0.717, 1.165) is 16.7 Å². The Bertz CT molecular complexity index is 584. The summed E-state index contributed by atoms with van der Waals surface area (Å²) in [6.45, 7) is 12.8. The zero-order valence-corrected chi connectivity index (χ0v) is 14.8. The number of hydrogen-bond donors (Lipinski definition) is 1. The van der Waals surface area contributed by atoms with Gasteiger partial charge in [0.05, 0.1) is 4.90 Å². The van der Waals surface area contributed by atoms with Crippen LogP contribution < -0.4 is 5.73 Å². The SMILES string of the molecule is CCN(CC(C)(C)CN)S(=O)(=O)c1c(C)cc(C)cc1C. The summed E-state index contributed by atoms with van der Waals surface area (Å²) in [5, 5.41) is 0. The first-order chi connectivity index (χ1) is 9.55. The van der Waals surface area contributed by atoms with Gasteiger partial charge in [-0.2, -0.15) is 4.31 Å². The molecule has 0 fully saturated rings. The molecule has 0 aliphatic carbocycles. The highest BCUT2D eigenvalue weighted by molar-refractivity contribution is 7.89. The molecule has 0 amide bonds. The van der Waals surface area contributed by atoms with Crippen molar-refractivity contribution in [3.63, 3.8) is 0 Å². The molecule has 0 aliphatic heterocycles. The predicted octanol–water partition coefficient (Wildman–Crippen LogP) is 2.61. The summed E-state index contributed by atoms with van der Waals surface area (Å²) < 4.78 is 27.5. The normalized spacial score (nSPS) is 13.0. The van der Waals surface area contributed by atoms with Crippen molar-refractivity contribution in [1.29, 1.82) is 0 Å². The van der Waals surface area contributed by atoms with Crippen LogP contribution in [0.5, 0.6) is 0 Å². The maximum atomic E-state index is 13.0. The topological polar surface area (TPSA) is 63.4 Å². The third kappa shape index (κ3) is 4.05. The molecule has 0 radical (unpaired) electrons. The fourth-order valence-corrected chi connectivity index (χ4v) is 4.66. The summed E-state index contributed by atoms with van der Waals surface area (Å²) in [5.74, 6) is 0. The van der Waals surface area contributed by atoms with Gasteiger partial charge < -0.3 is 5.73 Å². The van der Waals surface area contributed by atoms with Gasteiger partial charge in [0.2, 0.25) is 10.0 Å². The Balaban J connectivity index is 3.32. The lowest BCUT2D eigenvalue weighted by Crippen LogP contribution is -2.42. The summed E-state index contributed by atoms with van der Waals surface area (Å²) in [4.78, 5) is 0.433. The minimum atomic E-state index is -3.49. The van der Waals surface area contributed by atoms with E-state index in [9.17, 15) is 8.42 Å². The summed E-state index contributed by atoms with van der Waals surface area (Å²) in [7, 11) is -3.49. The third-order valence-electron chi connectivity index (χ3n) is 3.71. The average molecular weight is 312 g/mol. The summed E-state index contributed by atoms with van der Waals surface area (Å²) in [6.07, 6.45) is 0. The molecule has 0 aromatic heterocycles. The average Bonchev–Trinajstić information content (AvgIpc) is 2.34. The standard InChI is InChI=1S/C16H28N2O2S/c1-7-18(11-16(5,6)10-17)21(19,20)15-13(3)8-12(2)9-14(15)4/h8-9H,7,10-11,17H2,1-6H3. The van der Waals surface area contributed by atoms with E-state index >= 15 is 0 Å². The second kappa shape index (κ2) is 6.46. The molecular formula is C16H28N2O2S. The number of nitrogens with zero attached hydrogens (tertiary/aromatic N) is 1. The zero-order valence-electron chi connectivity index (χ0n) is 14.0. The maximum absolute atomic E-state index is 13.0. The molecule has 0 heterocycles. The van der Waals surface area contributed by atoms with Crippen LogP contribution in [0.1, 0.15) is 37.5 Å². The van der Waals surface area contributed by atoms with Gasteiger partial charge in [0.15, 0.2) is 0 Å². The lowest BCUT2D eigenvalue weighted by molar-refractivity contribution is 0.273. The predicted molar refractivity (Wildman–Crippen MR) is 87.9 cm³/mol. The highest BCUT2D eigenvalue weighted by Gasteiger charge is 2.31. The van der Waals surface area contributed by atoms with E-state index in [1.165, 1.54) is 4.31 Å². The molecule has 0 saturated heterocycles. The summed E-state index contributed by atoms with van der Waals surface area (Å²) >= 11 is 0. The largest absolute Gasteiger partial charge is 0.330 e. The van der Waals surface area contributed by atoms with Gasteiger partial charge in [-0.1, -0.05) is 38.5 Å². The molecule has 0 spiro atoms. The third-order valence-corrected chi connectivity index (χ3v) is 5.94. The first-order valence-corrected chi connectivity index (χ1v) is 8.77. The van der Waals surface area contributed by atoms with E-state index < -0.39 is 10.0 Å². The first-order valence-electron chi connectivity index (χ1n) is 7.33. The maximum Gasteiger partial charge on any atom is 0.243 e. The molecule has 4 nitrogen and oxygen atoms in total. The number of benzene rings is 1. The van der Waals surface area contributed by atoms with E-state index in [2.05, 4.69) is 0 Å². The minimum Gasteiger partial charge on any atom is -0.330 e. The van der Waals surface area contributed by atoms with Crippen molar-refractivity contribution in [3.05, 3.63) is 28.8 Å². The number of rotatable bonds is 6. The number of sulfonamides is 1. The number of aryl methyl sites for hydroxylation is 3. The molecule has 0 unspecified atom stereocenters. The van der Waals surface area contributed by atoms with Crippen molar-refractivity contribution < 1.29 is 8.42 Å². The quantitative estimate of drug-likeness (QED) is 0.878. The van der Waals surface area contributed by atoms with Crippen LogP contribution in [0.4, 0.5) is 0 Å². The molecule has 5 heteroatoms. The van der Waals surface area contributed by atoms with Crippen LogP contribution in [0.2, 0.25) is 0 Å². The van der Waals surface area contributed by atoms with Gasteiger partial charge >= 0.3 is 0 Å². The Labute approximate surface area is 129 Å². The van der Waals surface area contributed by atoms with Crippen LogP contribution in [-0.4, -0.2) is 32.4 Å². The van der Waals surface area contributed by atoms with Crippen molar-refractivity contribution in [2.75, 3.05) is 19.6 Å². The van der Waals surface area contributed by atoms with E-state index in [1.807, 2.05) is 53.7 Å². The number of hydrogen-bond acceptors (Lipinski definition) is 3. The van der Waals surface area contributed by atoms with Gasteiger partial charge in [-0.3, -0.25) is 0 Å². The van der Waals surface area contributed by atoms with Gasteiger partial charge in [-0.15, -0.1) is 0 Å². The molecule has 21 heavy (non-hydrogen) atoms. The Kier molecular flexibility index (Phi) is 5.58. The highest BCUT2D eigenvalue weighted by atomic mass is 32.2. The van der Waals surface area contributed by atoms with Crippen LogP contribution in [-0.2, 0) is 10.0 Å². The van der Waals surface area contributed by atoms with Crippen molar-refractivity contribution in [2.45, 2.75) is 46.4 Å². The molecule has 0 aliphatic rings. The Hall–Kier alpha value is -0.910. The lowest BCUT2D eigenvalue weighted by Gasteiger charge is -2.31. The van der Waals surface area contributed by atoms with Gasteiger partial charge in [0, 0.05) is 13.1 Å². The Morgan fingerprint density at radius 2 is 1.62 bits per heavy atom. The fourth-order valence-electron chi connectivity index (χ4n) is 2.61. The van der Waals surface area contributed by atoms with E-state index in [4.69, 9.17) is 5.73 Å². The molecule has 1 aromatic carbocycles. The monoisotopic (exact) mass is 312 g/mol. The van der Waals surface area contributed by atoms with Crippen LogP contribution in [0.3, 0.4) is 0 Å². The molecule has 0 bridgehead atoms. The molecular weight excluding hydrogens is 284 g/mol. The lowest BCUT2D eigenvalue weighted by atomic mass is 9.94. The van der Waals surface area contributed by atoms with Crippen LogP contribution >= 0.6 is 0 Å². The van der Waals surface area contributed by atoms with Crippen molar-refractivity contribution in [2.24, 2.45) is 11.1 Å². The molecule has 0 saturated carbocycles. The van der Waals surface area contributed by atoms with Crippen LogP contribution in [0, 0.1) is 26.2 Å². The van der Waals surface area contributed by atoms with Crippen molar-refractivity contribution in [1.82, 2.24) is 4.31 Å². The van der Waals surface area contributed by atoms with E-state index in [-0.39, 0.29) is 5.41 Å². The van der Waals surface area contributed by atoms with E-state index in [1.54, 1.807) is 0 Å². The number of nitrogens with two attached hydrogens (primary N) is 1. The molecule has 1 rings (SSSR count). The minimum absolute atomic E-state index is 0.240. The van der Waals surface area contributed by atoms with E-state index in [0.29, 0.717) is 24.5 Å². The molecule has 1 aromatic rings. The van der Waals surface area contributed by atoms with Gasteiger partial charge in [-0.05, 0) is 43.9 Å². The van der Waals surface area contributed by atoms with Crippen LogP contribution in [0.25, 0.3) is 0 Å². The first kappa shape index (κ1) is 18.1. The van der Waals surface area contributed by atoms with Gasteiger partial charge in [0.25, 0.3) is 0 Å². The summed E-state index contributed by atoms with van der Waals surface area (Å²) in [5.41, 5.74) is 8.19. The van der Waals surface area contributed by atoms with Gasteiger partial charge in [-0.25, -0.2) is 8.42 Å². The van der Waals surface area contributed by atoms with Crippen molar-refractivity contribution >= 4 is 10.0 Å². The van der Waals surface area contributed by atoms with Crippen molar-refractivity contribution in [3.8, 4) is 0 Å². The summed E-state index contributed by atoms with van der Waals surface area (Å²) in [6, 6.07) is 3.84. The molecule has 0 atom stereocenters. The Morgan fingerprint density at radius 1 is 1.14 bits per heavy atom. The van der Waals surface area contributed by atoms with Gasteiger partial charge in [0.1, 0.15) is 0 Å². The fraction of sp³-hybridized carbons (Fsp3) is 0.625.